The van der Waals surface area contributed by atoms with E-state index >= 15 is 0 Å². The molecule has 158 valence electrons. The molecule has 0 aliphatic carbocycles. The number of fused-ring (bicyclic) bond motifs is 1. The number of amides is 1. The molecule has 0 atom stereocenters. The first kappa shape index (κ1) is 21.3. The number of rotatable bonds is 8. The molecular weight excluding hydrogens is 426 g/mol. The Morgan fingerprint density at radius 2 is 1.81 bits per heavy atom. The van der Waals surface area contributed by atoms with Crippen LogP contribution in [0.25, 0.3) is 20.7 Å². The van der Waals surface area contributed by atoms with Gasteiger partial charge in [-0.2, -0.15) is 0 Å². The van der Waals surface area contributed by atoms with Gasteiger partial charge in [0.25, 0.3) is 5.56 Å². The molecule has 0 bridgehead atoms. The summed E-state index contributed by atoms with van der Waals surface area (Å²) < 4.78 is 2.16. The number of nitrogens with zero attached hydrogens (tertiary/aromatic N) is 2. The summed E-state index contributed by atoms with van der Waals surface area (Å²) in [4.78, 5) is 30.7. The summed E-state index contributed by atoms with van der Waals surface area (Å²) in [6, 6.07) is 22.1. The largest absolute Gasteiger partial charge is 0.355 e. The van der Waals surface area contributed by atoms with Gasteiger partial charge in [-0.3, -0.25) is 14.2 Å². The van der Waals surface area contributed by atoms with Crippen molar-refractivity contribution in [1.29, 1.82) is 0 Å². The summed E-state index contributed by atoms with van der Waals surface area (Å²) in [5, 5.41) is 3.50. The lowest BCUT2D eigenvalue weighted by Gasteiger charge is -2.08. The van der Waals surface area contributed by atoms with E-state index in [0.29, 0.717) is 21.9 Å². The van der Waals surface area contributed by atoms with Crippen molar-refractivity contribution in [3.63, 3.8) is 0 Å². The van der Waals surface area contributed by atoms with Gasteiger partial charge in [-0.05, 0) is 30.0 Å². The van der Waals surface area contributed by atoms with Crippen molar-refractivity contribution in [3.8, 4) is 10.4 Å². The van der Waals surface area contributed by atoms with Crippen molar-refractivity contribution >= 4 is 39.2 Å². The third kappa shape index (κ3) is 5.24. The highest BCUT2D eigenvalue weighted by atomic mass is 32.2. The standard InChI is InChI=1S/C24H23N3O2S2/c1-27-23(29)22-19(15-20(31-22)18-12-6-3-7-13-18)26-24(27)30-16-21(28)25-14-8-11-17-9-4-2-5-10-17/h2-7,9-10,12-13,15H,8,11,14,16H2,1H3,(H,25,28). The molecule has 0 aliphatic heterocycles. The lowest BCUT2D eigenvalue weighted by Crippen LogP contribution is -2.27. The maximum Gasteiger partial charge on any atom is 0.271 e. The first-order chi connectivity index (χ1) is 15.1. The van der Waals surface area contributed by atoms with Crippen LogP contribution in [-0.4, -0.2) is 27.8 Å². The first-order valence-corrected chi connectivity index (χ1v) is 11.9. The third-order valence-electron chi connectivity index (χ3n) is 4.91. The van der Waals surface area contributed by atoms with E-state index in [2.05, 4.69) is 22.4 Å². The molecule has 0 saturated carbocycles. The zero-order valence-corrected chi connectivity index (χ0v) is 18.8. The maximum absolute atomic E-state index is 12.8. The van der Waals surface area contributed by atoms with Gasteiger partial charge in [0.1, 0.15) is 4.70 Å². The number of carbonyl (C=O) groups excluding carboxylic acids is 1. The van der Waals surface area contributed by atoms with E-state index < -0.39 is 0 Å². The molecule has 1 N–H and O–H groups in total. The van der Waals surface area contributed by atoms with Gasteiger partial charge in [0, 0.05) is 18.5 Å². The SMILES string of the molecule is Cn1c(SCC(=O)NCCCc2ccccc2)nc2cc(-c3ccccc3)sc2c1=O. The molecule has 2 aromatic heterocycles. The molecule has 7 heteroatoms. The molecule has 0 fully saturated rings. The van der Waals surface area contributed by atoms with E-state index in [1.165, 1.54) is 33.2 Å². The zero-order valence-electron chi connectivity index (χ0n) is 17.2. The average molecular weight is 450 g/mol. The number of nitrogens with one attached hydrogen (secondary N) is 1. The molecule has 5 nitrogen and oxygen atoms in total. The fraction of sp³-hybridized carbons (Fsp3) is 0.208. The van der Waals surface area contributed by atoms with Crippen LogP contribution < -0.4 is 10.9 Å². The van der Waals surface area contributed by atoms with Crippen LogP contribution in [0.15, 0.2) is 76.7 Å². The van der Waals surface area contributed by atoms with Crippen LogP contribution in [0, 0.1) is 0 Å². The molecule has 0 aliphatic rings. The van der Waals surface area contributed by atoms with Crippen molar-refractivity contribution < 1.29 is 4.79 Å². The minimum atomic E-state index is -0.0806. The molecule has 2 heterocycles. The number of benzene rings is 2. The van der Waals surface area contributed by atoms with Crippen LogP contribution in [-0.2, 0) is 18.3 Å². The third-order valence-corrected chi connectivity index (χ3v) is 7.10. The Kier molecular flexibility index (Phi) is 6.84. The summed E-state index contributed by atoms with van der Waals surface area (Å²) in [5.74, 6) is 0.176. The topological polar surface area (TPSA) is 64.0 Å². The number of carbonyl (C=O) groups is 1. The number of hydrogen-bond donors (Lipinski definition) is 1. The van der Waals surface area contributed by atoms with Gasteiger partial charge < -0.3 is 5.32 Å². The Bertz CT molecular complexity index is 1230. The lowest BCUT2D eigenvalue weighted by atomic mass is 10.1. The second-order valence-electron chi connectivity index (χ2n) is 7.18. The van der Waals surface area contributed by atoms with Gasteiger partial charge in [0.05, 0.1) is 11.3 Å². The Labute approximate surface area is 189 Å². The molecule has 0 spiro atoms. The maximum atomic E-state index is 12.8. The zero-order chi connectivity index (χ0) is 21.6. The van der Waals surface area contributed by atoms with Gasteiger partial charge in [0.15, 0.2) is 5.16 Å². The summed E-state index contributed by atoms with van der Waals surface area (Å²) in [6.45, 7) is 0.630. The predicted molar refractivity (Wildman–Crippen MR) is 129 cm³/mol. The van der Waals surface area contributed by atoms with Crippen LogP contribution in [0.1, 0.15) is 12.0 Å². The summed E-state index contributed by atoms with van der Waals surface area (Å²) in [6.07, 6.45) is 1.82. The van der Waals surface area contributed by atoms with Crippen LogP contribution in [0.5, 0.6) is 0 Å². The minimum Gasteiger partial charge on any atom is -0.355 e. The highest BCUT2D eigenvalue weighted by Crippen LogP contribution is 2.31. The number of hydrogen-bond acceptors (Lipinski definition) is 5. The average Bonchev–Trinajstić information content (AvgIpc) is 3.24. The smallest absolute Gasteiger partial charge is 0.271 e. The fourth-order valence-corrected chi connectivity index (χ4v) is 5.13. The van der Waals surface area contributed by atoms with Gasteiger partial charge in [-0.1, -0.05) is 72.4 Å². The van der Waals surface area contributed by atoms with Crippen molar-refractivity contribution in [2.45, 2.75) is 18.0 Å². The molecule has 2 aromatic carbocycles. The molecule has 0 saturated heterocycles. The van der Waals surface area contributed by atoms with Crippen molar-refractivity contribution in [2.75, 3.05) is 12.3 Å². The van der Waals surface area contributed by atoms with Gasteiger partial charge >= 0.3 is 0 Å². The Balaban J connectivity index is 1.37. The Morgan fingerprint density at radius 1 is 1.10 bits per heavy atom. The quantitative estimate of drug-likeness (QED) is 0.244. The monoisotopic (exact) mass is 449 g/mol. The molecule has 31 heavy (non-hydrogen) atoms. The molecule has 1 amide bonds. The van der Waals surface area contributed by atoms with Gasteiger partial charge in [0.2, 0.25) is 5.91 Å². The van der Waals surface area contributed by atoms with Crippen molar-refractivity contribution in [3.05, 3.63) is 82.6 Å². The van der Waals surface area contributed by atoms with E-state index in [-0.39, 0.29) is 17.2 Å². The molecule has 4 aromatic rings. The Hall–Kier alpha value is -2.90. The number of thioether (sulfide) groups is 1. The minimum absolute atomic E-state index is 0.0531. The molecular formula is C24H23N3O2S2. The summed E-state index contributed by atoms with van der Waals surface area (Å²) in [7, 11) is 1.71. The highest BCUT2D eigenvalue weighted by Gasteiger charge is 2.14. The highest BCUT2D eigenvalue weighted by molar-refractivity contribution is 7.99. The van der Waals surface area contributed by atoms with Crippen molar-refractivity contribution in [1.82, 2.24) is 14.9 Å². The van der Waals surface area contributed by atoms with Crippen molar-refractivity contribution in [2.24, 2.45) is 7.05 Å². The lowest BCUT2D eigenvalue weighted by molar-refractivity contribution is -0.118. The van der Waals surface area contributed by atoms with E-state index in [1.54, 1.807) is 7.05 Å². The van der Waals surface area contributed by atoms with Gasteiger partial charge in [-0.25, -0.2) is 4.98 Å². The first-order valence-electron chi connectivity index (χ1n) is 10.1. The van der Waals surface area contributed by atoms with Crippen LogP contribution in [0.4, 0.5) is 0 Å². The number of aryl methyl sites for hydroxylation is 1. The van der Waals surface area contributed by atoms with Crippen LogP contribution >= 0.6 is 23.1 Å². The summed E-state index contributed by atoms with van der Waals surface area (Å²) in [5.41, 5.74) is 2.93. The van der Waals surface area contributed by atoms with Crippen LogP contribution in [0.2, 0.25) is 0 Å². The number of aromatic nitrogens is 2. The van der Waals surface area contributed by atoms with E-state index in [1.807, 2.05) is 54.6 Å². The van der Waals surface area contributed by atoms with Crippen LogP contribution in [0.3, 0.4) is 0 Å². The van der Waals surface area contributed by atoms with E-state index in [4.69, 9.17) is 0 Å². The number of thiophene rings is 1. The second-order valence-corrected chi connectivity index (χ2v) is 9.17. The van der Waals surface area contributed by atoms with E-state index in [9.17, 15) is 9.59 Å². The molecule has 0 unspecified atom stereocenters. The van der Waals surface area contributed by atoms with Gasteiger partial charge in [-0.15, -0.1) is 11.3 Å². The Morgan fingerprint density at radius 3 is 2.55 bits per heavy atom. The normalized spacial score (nSPS) is 11.0. The second kappa shape index (κ2) is 9.94. The predicted octanol–water partition coefficient (Wildman–Crippen LogP) is 4.50. The molecule has 0 radical (unpaired) electrons. The summed E-state index contributed by atoms with van der Waals surface area (Å²) >= 11 is 2.74. The van der Waals surface area contributed by atoms with E-state index in [0.717, 1.165) is 23.3 Å². The fourth-order valence-electron chi connectivity index (χ4n) is 3.25. The molecule has 4 rings (SSSR count).